The molecule has 0 aromatic rings. The van der Waals surface area contributed by atoms with Crippen molar-refractivity contribution in [3.8, 4) is 0 Å². The van der Waals surface area contributed by atoms with Crippen molar-refractivity contribution in [2.45, 2.75) is 219 Å². The van der Waals surface area contributed by atoms with Crippen LogP contribution in [-0.4, -0.2) is 172 Å². The monoisotopic (exact) mass is 988 g/mol. The SMILES string of the molecule is C=CCO[C@H]1O[C@H](C)[C@@H]2OC(C)(C)O[C@@H]2[C@H]1O[C@@H]1O[C@@H](C)[C@H](O[C@@H]2OC[C@@H](OC(=O)C(C)(C)C)[C@H](O[C@@H]3OC[C@@](COC(C)=O)(OC(C)=O)[C@H]3OC(C)=O)[C@H]2OC(=O)C(C)(C)C)[C@H]2OC(C)(C)O[C@@H]12. The molecule has 0 amide bonds. The molecule has 0 aromatic carbocycles. The number of esters is 5. The molecule has 22 heteroatoms. The Morgan fingerprint density at radius 2 is 1.16 bits per heavy atom. The summed E-state index contributed by atoms with van der Waals surface area (Å²) in [5.41, 5.74) is -4.04. The van der Waals surface area contributed by atoms with Crippen molar-refractivity contribution in [2.24, 2.45) is 10.8 Å². The van der Waals surface area contributed by atoms with Crippen molar-refractivity contribution in [1.82, 2.24) is 0 Å². The Morgan fingerprint density at radius 1 is 0.609 bits per heavy atom. The molecule has 0 N–H and O–H groups in total. The fraction of sp³-hybridized carbons (Fsp3) is 0.851. The zero-order valence-electron chi connectivity index (χ0n) is 42.3. The number of carbonyl (C=O) groups excluding carboxylic acids is 5. The first-order valence-corrected chi connectivity index (χ1v) is 23.3. The first kappa shape index (κ1) is 54.9. The van der Waals surface area contributed by atoms with Gasteiger partial charge in [-0.05, 0) is 83.1 Å². The van der Waals surface area contributed by atoms with Crippen LogP contribution in [0.3, 0.4) is 0 Å². The third kappa shape index (κ3) is 12.8. The van der Waals surface area contributed by atoms with Gasteiger partial charge in [-0.2, -0.15) is 0 Å². The number of hydrogen-bond acceptors (Lipinski definition) is 22. The van der Waals surface area contributed by atoms with Crippen LogP contribution in [0.1, 0.15) is 104 Å². The number of rotatable bonds is 15. The maximum atomic E-state index is 14.0. The third-order valence-corrected chi connectivity index (χ3v) is 11.9. The molecular weight excluding hydrogens is 916 g/mol. The van der Waals surface area contributed by atoms with E-state index in [1.807, 2.05) is 6.92 Å². The van der Waals surface area contributed by atoms with E-state index in [9.17, 15) is 24.0 Å². The van der Waals surface area contributed by atoms with Crippen LogP contribution in [0, 0.1) is 10.8 Å². The van der Waals surface area contributed by atoms with Crippen LogP contribution in [0.5, 0.6) is 0 Å². The summed E-state index contributed by atoms with van der Waals surface area (Å²) in [5, 5.41) is 0. The quantitative estimate of drug-likeness (QED) is 0.130. The predicted molar refractivity (Wildman–Crippen MR) is 232 cm³/mol. The highest BCUT2D eigenvalue weighted by atomic mass is 16.8. The number of hydrogen-bond donors (Lipinski definition) is 0. The molecule has 6 aliphatic rings. The van der Waals surface area contributed by atoms with E-state index in [2.05, 4.69) is 6.58 Å². The van der Waals surface area contributed by atoms with Crippen LogP contribution in [0.25, 0.3) is 0 Å². The molecule has 0 spiro atoms. The molecule has 22 nitrogen and oxygen atoms in total. The zero-order valence-corrected chi connectivity index (χ0v) is 42.3. The zero-order chi connectivity index (χ0) is 51.2. The fourth-order valence-corrected chi connectivity index (χ4v) is 8.78. The van der Waals surface area contributed by atoms with Gasteiger partial charge in [-0.15, -0.1) is 6.58 Å². The highest BCUT2D eigenvalue weighted by Gasteiger charge is 2.63. The van der Waals surface area contributed by atoms with Crippen LogP contribution in [0.2, 0.25) is 0 Å². The van der Waals surface area contributed by atoms with E-state index in [1.165, 1.54) is 0 Å². The van der Waals surface area contributed by atoms with Gasteiger partial charge in [-0.1, -0.05) is 6.08 Å². The van der Waals surface area contributed by atoms with Gasteiger partial charge in [0.1, 0.15) is 49.3 Å². The summed E-state index contributed by atoms with van der Waals surface area (Å²) >= 11 is 0. The van der Waals surface area contributed by atoms with E-state index in [4.69, 9.17) is 80.5 Å². The van der Waals surface area contributed by atoms with Gasteiger partial charge in [0.15, 0.2) is 55.0 Å². The van der Waals surface area contributed by atoms with Crippen molar-refractivity contribution in [2.75, 3.05) is 26.4 Å². The largest absolute Gasteiger partial charge is 0.461 e. The molecule has 6 rings (SSSR count). The first-order valence-electron chi connectivity index (χ1n) is 23.3. The second-order valence-corrected chi connectivity index (χ2v) is 21.1. The maximum Gasteiger partial charge on any atom is 0.311 e. The molecule has 0 aliphatic carbocycles. The van der Waals surface area contributed by atoms with Gasteiger partial charge in [-0.3, -0.25) is 24.0 Å². The lowest BCUT2D eigenvalue weighted by molar-refractivity contribution is -0.364. The lowest BCUT2D eigenvalue weighted by atomic mass is 9.95. The topological polar surface area (TPSA) is 242 Å². The normalized spacial score (nSPS) is 39.3. The predicted octanol–water partition coefficient (Wildman–Crippen LogP) is 3.30. The molecular formula is C47H72O22. The summed E-state index contributed by atoms with van der Waals surface area (Å²) in [5.74, 6) is -5.93. The van der Waals surface area contributed by atoms with Crippen molar-refractivity contribution in [1.29, 1.82) is 0 Å². The van der Waals surface area contributed by atoms with E-state index in [1.54, 1.807) is 82.2 Å². The lowest BCUT2D eigenvalue weighted by Gasteiger charge is -2.48. The molecule has 6 aliphatic heterocycles. The highest BCUT2D eigenvalue weighted by Crippen LogP contribution is 2.45. The van der Waals surface area contributed by atoms with E-state index < -0.39 is 169 Å². The van der Waals surface area contributed by atoms with E-state index in [-0.39, 0.29) is 13.2 Å². The van der Waals surface area contributed by atoms with Gasteiger partial charge in [0, 0.05) is 20.8 Å². The Hall–Kier alpha value is -3.39. The molecule has 392 valence electrons. The van der Waals surface area contributed by atoms with Gasteiger partial charge in [0.25, 0.3) is 0 Å². The second-order valence-electron chi connectivity index (χ2n) is 21.1. The number of fused-ring (bicyclic) bond motifs is 2. The molecule has 0 saturated carbocycles. The molecule has 6 fully saturated rings. The Morgan fingerprint density at radius 3 is 1.74 bits per heavy atom. The van der Waals surface area contributed by atoms with Crippen molar-refractivity contribution in [3.63, 3.8) is 0 Å². The minimum absolute atomic E-state index is 0.150. The summed E-state index contributed by atoms with van der Waals surface area (Å²) in [4.78, 5) is 64.8. The summed E-state index contributed by atoms with van der Waals surface area (Å²) in [6.45, 7) is 26.3. The van der Waals surface area contributed by atoms with Crippen LogP contribution in [0.4, 0.5) is 0 Å². The van der Waals surface area contributed by atoms with Gasteiger partial charge >= 0.3 is 29.8 Å². The molecule has 0 radical (unpaired) electrons. The first-order chi connectivity index (χ1) is 31.9. The maximum absolute atomic E-state index is 14.0. The summed E-state index contributed by atoms with van der Waals surface area (Å²) < 4.78 is 106. The summed E-state index contributed by atoms with van der Waals surface area (Å²) in [6, 6.07) is 0. The summed E-state index contributed by atoms with van der Waals surface area (Å²) in [7, 11) is 0. The Bertz CT molecular complexity index is 1870. The standard InChI is InChI=1S/C47H72O22/c1-17-18-53-37-34(32-29(23(3)57-37)66-45(13,14)68-32)63-39-35-31(67-46(15,16)69-35)28(22(2)58-39)61-38-33(64-42(52)44(10,11)12)30(27(19-54-38)60-41(51)43(7,8)9)62-40-36(59-25(5)49)47(21-56-40,65-26(6)50)20-55-24(4)48/h17,22-23,27-40H,1,18-21H2,2-16H3/t22-,23+,27+,28-,29-,30-,31+,32-,33+,34+,35+,36-,37-,38-,39-,40-,47+/m0/s1. The average molecular weight is 989 g/mol. The minimum atomic E-state index is -1.90. The van der Waals surface area contributed by atoms with Gasteiger partial charge < -0.3 is 80.5 Å². The van der Waals surface area contributed by atoms with Crippen molar-refractivity contribution < 1.29 is 104 Å². The molecule has 0 aromatic heterocycles. The van der Waals surface area contributed by atoms with Gasteiger partial charge in [0.2, 0.25) is 5.60 Å². The average Bonchev–Trinajstić information content (AvgIpc) is 3.85. The number of carbonyl (C=O) groups is 5. The fourth-order valence-electron chi connectivity index (χ4n) is 8.78. The minimum Gasteiger partial charge on any atom is -0.461 e. The van der Waals surface area contributed by atoms with E-state index in [0.717, 1.165) is 20.8 Å². The molecule has 17 atom stereocenters. The Labute approximate surface area is 403 Å². The highest BCUT2D eigenvalue weighted by molar-refractivity contribution is 5.76. The molecule has 6 saturated heterocycles. The smallest absolute Gasteiger partial charge is 0.311 e. The van der Waals surface area contributed by atoms with Crippen molar-refractivity contribution >= 4 is 29.8 Å². The van der Waals surface area contributed by atoms with Crippen LogP contribution >= 0.6 is 0 Å². The summed E-state index contributed by atoms with van der Waals surface area (Å²) in [6.07, 6.45) is -15.7. The van der Waals surface area contributed by atoms with Crippen LogP contribution in [0.15, 0.2) is 12.7 Å². The lowest BCUT2D eigenvalue weighted by Crippen LogP contribution is -2.65. The number of ether oxygens (including phenoxy) is 17. The molecule has 0 unspecified atom stereocenters. The van der Waals surface area contributed by atoms with Crippen LogP contribution < -0.4 is 0 Å². The van der Waals surface area contributed by atoms with E-state index >= 15 is 0 Å². The van der Waals surface area contributed by atoms with Gasteiger partial charge in [-0.25, -0.2) is 0 Å². The molecule has 6 heterocycles. The van der Waals surface area contributed by atoms with Gasteiger partial charge in [0.05, 0.1) is 42.9 Å². The second kappa shape index (κ2) is 21.0. The Kier molecular flexibility index (Phi) is 16.7. The molecule has 0 bridgehead atoms. The Balaban J connectivity index is 1.35. The van der Waals surface area contributed by atoms with Crippen LogP contribution in [-0.2, 0) is 104 Å². The third-order valence-electron chi connectivity index (χ3n) is 11.9. The van der Waals surface area contributed by atoms with E-state index in [0.29, 0.717) is 0 Å². The van der Waals surface area contributed by atoms with Crippen molar-refractivity contribution in [3.05, 3.63) is 12.7 Å². The molecule has 69 heavy (non-hydrogen) atoms.